The zero-order valence-electron chi connectivity index (χ0n) is 8.20. The first kappa shape index (κ1) is 10.7. The number of rotatable bonds is 4. The first-order valence-corrected chi connectivity index (χ1v) is 4.79. The molecule has 4 nitrogen and oxygen atoms in total. The SMILES string of the molecule is C=CCNC(=O)CN1CCCC1C#N. The van der Waals surface area contributed by atoms with Crippen molar-refractivity contribution in [2.45, 2.75) is 18.9 Å². The zero-order valence-corrected chi connectivity index (χ0v) is 8.20. The molecule has 1 rings (SSSR count). The lowest BCUT2D eigenvalue weighted by atomic mass is 10.2. The van der Waals surface area contributed by atoms with E-state index in [4.69, 9.17) is 5.26 Å². The lowest BCUT2D eigenvalue weighted by molar-refractivity contribution is -0.122. The summed E-state index contributed by atoms with van der Waals surface area (Å²) >= 11 is 0. The minimum atomic E-state index is -0.0792. The maximum atomic E-state index is 11.3. The Morgan fingerprint density at radius 2 is 2.57 bits per heavy atom. The van der Waals surface area contributed by atoms with Crippen molar-refractivity contribution in [3.05, 3.63) is 12.7 Å². The van der Waals surface area contributed by atoms with Gasteiger partial charge in [0.05, 0.1) is 18.7 Å². The molecule has 1 N–H and O–H groups in total. The van der Waals surface area contributed by atoms with Gasteiger partial charge >= 0.3 is 0 Å². The van der Waals surface area contributed by atoms with Gasteiger partial charge in [-0.2, -0.15) is 5.26 Å². The molecule has 4 heteroatoms. The lowest BCUT2D eigenvalue weighted by Crippen LogP contribution is -2.39. The molecule has 1 aliphatic rings. The third-order valence-corrected chi connectivity index (χ3v) is 2.30. The number of amides is 1. The summed E-state index contributed by atoms with van der Waals surface area (Å²) in [5.74, 6) is -0.0351. The highest BCUT2D eigenvalue weighted by Gasteiger charge is 2.25. The molecule has 1 atom stereocenters. The van der Waals surface area contributed by atoms with Crippen LogP contribution in [0.2, 0.25) is 0 Å². The molecule has 76 valence electrons. The van der Waals surface area contributed by atoms with Crippen molar-refractivity contribution in [2.75, 3.05) is 19.6 Å². The van der Waals surface area contributed by atoms with E-state index in [1.54, 1.807) is 6.08 Å². The first-order chi connectivity index (χ1) is 6.77. The second-order valence-electron chi connectivity index (χ2n) is 3.35. The van der Waals surface area contributed by atoms with Gasteiger partial charge in [-0.15, -0.1) is 6.58 Å². The van der Waals surface area contributed by atoms with E-state index in [-0.39, 0.29) is 11.9 Å². The molecule has 0 aromatic rings. The molecule has 1 fully saturated rings. The van der Waals surface area contributed by atoms with Crippen molar-refractivity contribution in [1.29, 1.82) is 5.26 Å². The van der Waals surface area contributed by atoms with Crippen molar-refractivity contribution in [2.24, 2.45) is 0 Å². The van der Waals surface area contributed by atoms with Gasteiger partial charge in [0.2, 0.25) is 5.91 Å². The molecule has 1 amide bonds. The van der Waals surface area contributed by atoms with Crippen molar-refractivity contribution in [3.63, 3.8) is 0 Å². The van der Waals surface area contributed by atoms with Crippen molar-refractivity contribution in [1.82, 2.24) is 10.2 Å². The van der Waals surface area contributed by atoms with Gasteiger partial charge < -0.3 is 5.32 Å². The number of hydrogen-bond donors (Lipinski definition) is 1. The third-order valence-electron chi connectivity index (χ3n) is 2.30. The van der Waals surface area contributed by atoms with Crippen molar-refractivity contribution < 1.29 is 4.79 Å². The number of hydrogen-bond acceptors (Lipinski definition) is 3. The Bertz CT molecular complexity index is 257. The van der Waals surface area contributed by atoms with E-state index in [0.717, 1.165) is 19.4 Å². The number of carbonyl (C=O) groups excluding carboxylic acids is 1. The molecule has 0 aromatic heterocycles. The van der Waals surface area contributed by atoms with Crippen LogP contribution < -0.4 is 5.32 Å². The van der Waals surface area contributed by atoms with Crippen LogP contribution in [0.4, 0.5) is 0 Å². The number of likely N-dealkylation sites (tertiary alicyclic amines) is 1. The summed E-state index contributed by atoms with van der Waals surface area (Å²) in [4.78, 5) is 13.2. The fraction of sp³-hybridized carbons (Fsp3) is 0.600. The highest BCUT2D eigenvalue weighted by atomic mass is 16.2. The van der Waals surface area contributed by atoms with Crippen LogP contribution in [-0.4, -0.2) is 36.5 Å². The molecule has 0 saturated carbocycles. The minimum absolute atomic E-state index is 0.0351. The molecule has 0 bridgehead atoms. The summed E-state index contributed by atoms with van der Waals surface area (Å²) in [6, 6.07) is 2.12. The van der Waals surface area contributed by atoms with E-state index < -0.39 is 0 Å². The van der Waals surface area contributed by atoms with Gasteiger partial charge in [-0.05, 0) is 12.8 Å². The van der Waals surface area contributed by atoms with Crippen molar-refractivity contribution in [3.8, 4) is 6.07 Å². The zero-order chi connectivity index (χ0) is 10.4. The van der Waals surface area contributed by atoms with Gasteiger partial charge in [-0.3, -0.25) is 9.69 Å². The minimum Gasteiger partial charge on any atom is -0.352 e. The quantitative estimate of drug-likeness (QED) is 0.652. The summed E-state index contributed by atoms with van der Waals surface area (Å²) in [5, 5.41) is 11.5. The van der Waals surface area contributed by atoms with Gasteiger partial charge in [0.1, 0.15) is 0 Å². The molecule has 0 aliphatic carbocycles. The van der Waals surface area contributed by atoms with Gasteiger partial charge in [0.15, 0.2) is 0 Å². The van der Waals surface area contributed by atoms with Crippen LogP contribution in [0, 0.1) is 11.3 Å². The Morgan fingerprint density at radius 1 is 1.79 bits per heavy atom. The van der Waals surface area contributed by atoms with E-state index in [1.165, 1.54) is 0 Å². The van der Waals surface area contributed by atoms with Crippen LogP contribution in [0.1, 0.15) is 12.8 Å². The average Bonchev–Trinajstić information content (AvgIpc) is 2.62. The average molecular weight is 193 g/mol. The summed E-state index contributed by atoms with van der Waals surface area (Å²) in [6.45, 7) is 5.18. The van der Waals surface area contributed by atoms with Crippen LogP contribution >= 0.6 is 0 Å². The Balaban J connectivity index is 2.32. The molecule has 0 aromatic carbocycles. The summed E-state index contributed by atoms with van der Waals surface area (Å²) in [6.07, 6.45) is 3.53. The maximum Gasteiger partial charge on any atom is 0.234 e. The van der Waals surface area contributed by atoms with Gasteiger partial charge in [-0.25, -0.2) is 0 Å². The van der Waals surface area contributed by atoms with Gasteiger partial charge in [-0.1, -0.05) is 6.08 Å². The van der Waals surface area contributed by atoms with E-state index in [2.05, 4.69) is 18.0 Å². The van der Waals surface area contributed by atoms with E-state index in [1.807, 2.05) is 4.90 Å². The molecular formula is C10H15N3O. The fourth-order valence-corrected chi connectivity index (χ4v) is 1.59. The topological polar surface area (TPSA) is 56.1 Å². The van der Waals surface area contributed by atoms with Crippen LogP contribution in [-0.2, 0) is 4.79 Å². The smallest absolute Gasteiger partial charge is 0.234 e. The molecule has 1 unspecified atom stereocenters. The standard InChI is InChI=1S/C10H15N3O/c1-2-5-12-10(14)8-13-6-3-4-9(13)7-11/h2,9H,1,3-6,8H2,(H,12,14). The Morgan fingerprint density at radius 3 is 3.21 bits per heavy atom. The van der Waals surface area contributed by atoms with E-state index in [0.29, 0.717) is 13.1 Å². The molecular weight excluding hydrogens is 178 g/mol. The third kappa shape index (κ3) is 2.86. The molecule has 1 aliphatic heterocycles. The highest BCUT2D eigenvalue weighted by molar-refractivity contribution is 5.78. The van der Waals surface area contributed by atoms with E-state index >= 15 is 0 Å². The van der Waals surface area contributed by atoms with Gasteiger partial charge in [0.25, 0.3) is 0 Å². The maximum absolute atomic E-state index is 11.3. The molecule has 1 saturated heterocycles. The lowest BCUT2D eigenvalue weighted by Gasteiger charge is -2.17. The normalized spacial score (nSPS) is 21.5. The predicted molar refractivity (Wildman–Crippen MR) is 53.4 cm³/mol. The molecule has 14 heavy (non-hydrogen) atoms. The summed E-state index contributed by atoms with van der Waals surface area (Å²) in [5.41, 5.74) is 0. The fourth-order valence-electron chi connectivity index (χ4n) is 1.59. The van der Waals surface area contributed by atoms with Crippen LogP contribution in [0.25, 0.3) is 0 Å². The monoisotopic (exact) mass is 193 g/mol. The number of nitrogens with zero attached hydrogens (tertiary/aromatic N) is 2. The second-order valence-corrected chi connectivity index (χ2v) is 3.35. The Hall–Kier alpha value is -1.34. The van der Waals surface area contributed by atoms with Gasteiger partial charge in [0, 0.05) is 13.1 Å². The molecule has 1 heterocycles. The van der Waals surface area contributed by atoms with E-state index in [9.17, 15) is 4.79 Å². The second kappa shape index (κ2) is 5.40. The number of nitriles is 1. The predicted octanol–water partition coefficient (Wildman–Crippen LogP) is 0.277. The van der Waals surface area contributed by atoms with Crippen LogP contribution in [0.3, 0.4) is 0 Å². The molecule has 0 spiro atoms. The van der Waals surface area contributed by atoms with Crippen LogP contribution in [0.5, 0.6) is 0 Å². The number of nitrogens with one attached hydrogen (secondary N) is 1. The highest BCUT2D eigenvalue weighted by Crippen LogP contribution is 2.15. The van der Waals surface area contributed by atoms with Crippen molar-refractivity contribution >= 4 is 5.91 Å². The Labute approximate surface area is 84.2 Å². The summed E-state index contributed by atoms with van der Waals surface area (Å²) in [7, 11) is 0. The first-order valence-electron chi connectivity index (χ1n) is 4.79. The number of carbonyl (C=O) groups is 1. The van der Waals surface area contributed by atoms with Crippen LogP contribution in [0.15, 0.2) is 12.7 Å². The molecule has 0 radical (unpaired) electrons. The Kier molecular flexibility index (Phi) is 4.14. The summed E-state index contributed by atoms with van der Waals surface area (Å²) < 4.78 is 0. The largest absolute Gasteiger partial charge is 0.352 e.